The molecular weight excluding hydrogens is 402 g/mol. The van der Waals surface area contributed by atoms with Gasteiger partial charge in [0.25, 0.3) is 0 Å². The van der Waals surface area contributed by atoms with Crippen molar-refractivity contribution in [1.29, 1.82) is 0 Å². The monoisotopic (exact) mass is 429 g/mol. The molecule has 7 nitrogen and oxygen atoms in total. The third-order valence-electron chi connectivity index (χ3n) is 4.78. The molecule has 2 aromatic carbocycles. The summed E-state index contributed by atoms with van der Waals surface area (Å²) >= 11 is 0. The highest BCUT2D eigenvalue weighted by molar-refractivity contribution is 7.92. The van der Waals surface area contributed by atoms with E-state index in [0.29, 0.717) is 12.1 Å². The minimum absolute atomic E-state index is 0.0614. The number of methoxy groups -OCH3 is 1. The summed E-state index contributed by atoms with van der Waals surface area (Å²) in [5.41, 5.74) is 2.50. The largest absolute Gasteiger partial charge is 0.497 e. The Kier molecular flexibility index (Phi) is 5.90. The van der Waals surface area contributed by atoms with Crippen LogP contribution < -0.4 is 9.46 Å². The topological polar surface area (TPSA) is 88.1 Å². The standard InChI is InChI=1S/C22H27N3O4S/c1-22(2,3)21(26)25-20(16-8-12-18(29-4)13-9-16)14-19(23-25)15-6-10-17(11-7-15)24-30(5,27)28/h6-13,20,24H,14H2,1-5H3/t20-/m0/s1. The maximum absolute atomic E-state index is 13.1. The van der Waals surface area contributed by atoms with E-state index in [1.54, 1.807) is 24.3 Å². The van der Waals surface area contributed by atoms with Crippen molar-refractivity contribution in [2.45, 2.75) is 33.2 Å². The first-order valence-electron chi connectivity index (χ1n) is 9.61. The van der Waals surface area contributed by atoms with Crippen LogP contribution in [0, 0.1) is 5.41 Å². The Morgan fingerprint density at radius 2 is 1.70 bits per heavy atom. The summed E-state index contributed by atoms with van der Waals surface area (Å²) in [4.78, 5) is 13.1. The van der Waals surface area contributed by atoms with Crippen molar-refractivity contribution >= 4 is 27.3 Å². The molecule has 1 aliphatic heterocycles. The Labute approximate surface area is 177 Å². The molecule has 0 aliphatic carbocycles. The number of ether oxygens (including phenoxy) is 1. The van der Waals surface area contributed by atoms with Gasteiger partial charge in [-0.15, -0.1) is 0 Å². The van der Waals surface area contributed by atoms with Crippen LogP contribution in [0.25, 0.3) is 0 Å². The van der Waals surface area contributed by atoms with Crippen molar-refractivity contribution in [1.82, 2.24) is 5.01 Å². The second kappa shape index (κ2) is 8.10. The van der Waals surface area contributed by atoms with E-state index in [4.69, 9.17) is 4.74 Å². The lowest BCUT2D eigenvalue weighted by Crippen LogP contribution is -2.36. The van der Waals surface area contributed by atoms with Crippen molar-refractivity contribution < 1.29 is 17.9 Å². The molecule has 0 spiro atoms. The number of carbonyl (C=O) groups excluding carboxylic acids is 1. The fourth-order valence-corrected chi connectivity index (χ4v) is 3.81. The van der Waals surface area contributed by atoms with Gasteiger partial charge < -0.3 is 4.74 Å². The van der Waals surface area contributed by atoms with Crippen molar-refractivity contribution in [2.75, 3.05) is 18.1 Å². The first-order chi connectivity index (χ1) is 14.0. The molecule has 0 radical (unpaired) electrons. The molecule has 0 saturated heterocycles. The Morgan fingerprint density at radius 3 is 2.20 bits per heavy atom. The van der Waals surface area contributed by atoms with E-state index < -0.39 is 15.4 Å². The average molecular weight is 430 g/mol. The predicted octanol–water partition coefficient (Wildman–Crippen LogP) is 3.79. The average Bonchev–Trinajstić information content (AvgIpc) is 3.11. The quantitative estimate of drug-likeness (QED) is 0.783. The van der Waals surface area contributed by atoms with Crippen LogP contribution in [0.5, 0.6) is 5.75 Å². The van der Waals surface area contributed by atoms with Gasteiger partial charge in [-0.05, 0) is 35.4 Å². The van der Waals surface area contributed by atoms with E-state index in [-0.39, 0.29) is 11.9 Å². The molecule has 8 heteroatoms. The maximum atomic E-state index is 13.1. The molecule has 3 rings (SSSR count). The number of hydrogen-bond donors (Lipinski definition) is 1. The molecule has 0 unspecified atom stereocenters. The van der Waals surface area contributed by atoms with Gasteiger partial charge >= 0.3 is 0 Å². The highest BCUT2D eigenvalue weighted by atomic mass is 32.2. The van der Waals surface area contributed by atoms with Crippen molar-refractivity contribution in [3.8, 4) is 5.75 Å². The fourth-order valence-electron chi connectivity index (χ4n) is 3.25. The first kappa shape index (κ1) is 21.8. The van der Waals surface area contributed by atoms with E-state index in [1.165, 1.54) is 0 Å². The van der Waals surface area contributed by atoms with Crippen molar-refractivity contribution in [2.24, 2.45) is 10.5 Å². The van der Waals surface area contributed by atoms with E-state index in [9.17, 15) is 13.2 Å². The van der Waals surface area contributed by atoms with E-state index in [0.717, 1.165) is 28.8 Å². The number of hydrazone groups is 1. The Bertz CT molecular complexity index is 1050. The van der Waals surface area contributed by atoms with Gasteiger partial charge in [0.2, 0.25) is 15.9 Å². The molecule has 1 amide bonds. The minimum atomic E-state index is -3.34. The Morgan fingerprint density at radius 1 is 1.10 bits per heavy atom. The second-order valence-corrected chi connectivity index (χ2v) is 10.1. The van der Waals surface area contributed by atoms with Gasteiger partial charge in [0.15, 0.2) is 0 Å². The smallest absolute Gasteiger partial charge is 0.248 e. The van der Waals surface area contributed by atoms with Crippen LogP contribution in [0.4, 0.5) is 5.69 Å². The predicted molar refractivity (Wildman–Crippen MR) is 118 cm³/mol. The summed E-state index contributed by atoms with van der Waals surface area (Å²) in [5.74, 6) is 0.689. The summed E-state index contributed by atoms with van der Waals surface area (Å²) < 4.78 is 30.5. The van der Waals surface area contributed by atoms with Crippen LogP contribution in [0.2, 0.25) is 0 Å². The number of nitrogens with one attached hydrogen (secondary N) is 1. The van der Waals surface area contributed by atoms with Crippen LogP contribution in [-0.4, -0.2) is 38.4 Å². The van der Waals surface area contributed by atoms with Crippen LogP contribution >= 0.6 is 0 Å². The van der Waals surface area contributed by atoms with Gasteiger partial charge in [-0.3, -0.25) is 9.52 Å². The van der Waals surface area contributed by atoms with Crippen LogP contribution in [-0.2, 0) is 14.8 Å². The number of nitrogens with zero attached hydrogens (tertiary/aromatic N) is 2. The molecule has 0 fully saturated rings. The molecule has 1 N–H and O–H groups in total. The van der Waals surface area contributed by atoms with Crippen LogP contribution in [0.1, 0.15) is 44.4 Å². The number of amides is 1. The summed E-state index contributed by atoms with van der Waals surface area (Å²) in [5, 5.41) is 6.23. The zero-order valence-corrected chi connectivity index (χ0v) is 18.7. The number of carbonyl (C=O) groups is 1. The molecule has 30 heavy (non-hydrogen) atoms. The zero-order valence-electron chi connectivity index (χ0n) is 17.8. The van der Waals surface area contributed by atoms with Gasteiger partial charge in [0.05, 0.1) is 25.1 Å². The summed E-state index contributed by atoms with van der Waals surface area (Å²) in [6, 6.07) is 14.4. The number of benzene rings is 2. The van der Waals surface area contributed by atoms with Crippen LogP contribution in [0.15, 0.2) is 53.6 Å². The van der Waals surface area contributed by atoms with Crippen molar-refractivity contribution in [3.63, 3.8) is 0 Å². The van der Waals surface area contributed by atoms with Crippen molar-refractivity contribution in [3.05, 3.63) is 59.7 Å². The number of hydrogen-bond acceptors (Lipinski definition) is 5. The SMILES string of the molecule is COc1ccc([C@@H]2CC(c3ccc(NS(C)(=O)=O)cc3)=NN2C(=O)C(C)(C)C)cc1. The lowest BCUT2D eigenvalue weighted by Gasteiger charge is -2.28. The molecule has 0 bridgehead atoms. The summed E-state index contributed by atoms with van der Waals surface area (Å²) in [6.07, 6.45) is 1.67. The number of sulfonamides is 1. The number of anilines is 1. The Hall–Kier alpha value is -2.87. The molecule has 0 aromatic heterocycles. The molecule has 1 heterocycles. The normalized spacial score (nSPS) is 16.9. The van der Waals surface area contributed by atoms with Gasteiger partial charge in [-0.2, -0.15) is 5.10 Å². The minimum Gasteiger partial charge on any atom is -0.497 e. The van der Waals surface area contributed by atoms with Gasteiger partial charge in [0.1, 0.15) is 5.75 Å². The maximum Gasteiger partial charge on any atom is 0.248 e. The zero-order chi connectivity index (χ0) is 22.1. The first-order valence-corrected chi connectivity index (χ1v) is 11.5. The van der Waals surface area contributed by atoms with Gasteiger partial charge in [-0.1, -0.05) is 45.0 Å². The third-order valence-corrected chi connectivity index (χ3v) is 5.39. The Balaban J connectivity index is 1.92. The summed E-state index contributed by atoms with van der Waals surface area (Å²) in [6.45, 7) is 5.62. The van der Waals surface area contributed by atoms with Gasteiger partial charge in [-0.25, -0.2) is 13.4 Å². The van der Waals surface area contributed by atoms with E-state index in [1.807, 2.05) is 57.2 Å². The second-order valence-electron chi connectivity index (χ2n) is 8.39. The summed E-state index contributed by atoms with van der Waals surface area (Å²) in [7, 11) is -1.72. The van der Waals surface area contributed by atoms with E-state index in [2.05, 4.69) is 9.82 Å². The lowest BCUT2D eigenvalue weighted by molar-refractivity contribution is -0.141. The molecule has 2 aromatic rings. The highest BCUT2D eigenvalue weighted by Crippen LogP contribution is 2.36. The molecular formula is C22H27N3O4S. The molecule has 1 aliphatic rings. The molecule has 1 atom stereocenters. The number of rotatable bonds is 5. The van der Waals surface area contributed by atoms with E-state index >= 15 is 0 Å². The molecule has 160 valence electrons. The highest BCUT2D eigenvalue weighted by Gasteiger charge is 2.37. The third kappa shape index (κ3) is 4.99. The fraction of sp³-hybridized carbons (Fsp3) is 0.364. The lowest BCUT2D eigenvalue weighted by atomic mass is 9.93. The molecule has 0 saturated carbocycles. The van der Waals surface area contributed by atoms with Gasteiger partial charge in [0, 0.05) is 17.5 Å². The van der Waals surface area contributed by atoms with Crippen LogP contribution in [0.3, 0.4) is 0 Å².